The molecule has 0 amide bonds. The third-order valence-corrected chi connectivity index (χ3v) is 3.94. The molecule has 2 rings (SSSR count). The summed E-state index contributed by atoms with van der Waals surface area (Å²) < 4.78 is 10.7. The van der Waals surface area contributed by atoms with Gasteiger partial charge in [0.05, 0.1) is 14.2 Å². The Hall–Kier alpha value is -2.69. The first-order chi connectivity index (χ1) is 11.3. The largest absolute Gasteiger partial charge is 0.497 e. The van der Waals surface area contributed by atoms with Crippen molar-refractivity contribution in [1.29, 1.82) is 0 Å². The van der Waals surface area contributed by atoms with Crippen molar-refractivity contribution in [1.82, 2.24) is 4.98 Å². The van der Waals surface area contributed by atoms with E-state index in [0.29, 0.717) is 45.1 Å². The lowest BCUT2D eigenvalue weighted by Gasteiger charge is -2.19. The van der Waals surface area contributed by atoms with Crippen molar-refractivity contribution < 1.29 is 19.1 Å². The quantitative estimate of drug-likeness (QED) is 0.782. The van der Waals surface area contributed by atoms with Crippen molar-refractivity contribution in [2.45, 2.75) is 27.7 Å². The Bertz CT molecular complexity index is 786. The number of hydrogen-bond donors (Lipinski definition) is 0. The molecule has 0 radical (unpaired) electrons. The van der Waals surface area contributed by atoms with E-state index in [2.05, 4.69) is 4.98 Å². The SMILES string of the molecule is COc1ccc(OC)c(-c2c(C(C)=O)c(C)nc(C)c2C(C)=O)c1. The first-order valence-electron chi connectivity index (χ1n) is 7.57. The summed E-state index contributed by atoms with van der Waals surface area (Å²) in [5.41, 5.74) is 3.22. The van der Waals surface area contributed by atoms with Gasteiger partial charge in [0.2, 0.25) is 0 Å². The van der Waals surface area contributed by atoms with E-state index in [1.54, 1.807) is 46.3 Å². The average molecular weight is 327 g/mol. The van der Waals surface area contributed by atoms with Crippen molar-refractivity contribution in [3.63, 3.8) is 0 Å². The standard InChI is InChI=1S/C19H21NO4/c1-10-17(12(3)21)19(18(13(4)22)11(2)20-10)15-9-14(23-5)7-8-16(15)24-6/h7-9H,1-6H3. The molecule has 0 unspecified atom stereocenters. The second kappa shape index (κ2) is 6.83. The van der Waals surface area contributed by atoms with Gasteiger partial charge in [-0.2, -0.15) is 0 Å². The third kappa shape index (κ3) is 3.02. The molecule has 0 aliphatic rings. The van der Waals surface area contributed by atoms with Crippen LogP contribution in [0, 0.1) is 13.8 Å². The number of ether oxygens (including phenoxy) is 2. The molecule has 1 aromatic carbocycles. The number of rotatable bonds is 5. The Kier molecular flexibility index (Phi) is 5.02. The van der Waals surface area contributed by atoms with Gasteiger partial charge in [0.25, 0.3) is 0 Å². The van der Waals surface area contributed by atoms with Gasteiger partial charge in [0.15, 0.2) is 11.6 Å². The maximum atomic E-state index is 12.3. The summed E-state index contributed by atoms with van der Waals surface area (Å²) in [6.07, 6.45) is 0. The molecule has 0 atom stereocenters. The monoisotopic (exact) mass is 327 g/mol. The summed E-state index contributed by atoms with van der Waals surface area (Å²) >= 11 is 0. The summed E-state index contributed by atoms with van der Waals surface area (Å²) in [5.74, 6) is 0.873. The fraction of sp³-hybridized carbons (Fsp3) is 0.316. The summed E-state index contributed by atoms with van der Waals surface area (Å²) in [6.45, 7) is 6.48. The minimum Gasteiger partial charge on any atom is -0.497 e. The van der Waals surface area contributed by atoms with Gasteiger partial charge in [-0.05, 0) is 45.9 Å². The van der Waals surface area contributed by atoms with E-state index in [1.807, 2.05) is 0 Å². The molecule has 0 bridgehead atoms. The summed E-state index contributed by atoms with van der Waals surface area (Å²) in [6, 6.07) is 5.29. The molecular formula is C19H21NO4. The number of pyridine rings is 1. The van der Waals surface area contributed by atoms with Gasteiger partial charge >= 0.3 is 0 Å². The van der Waals surface area contributed by atoms with Crippen LogP contribution < -0.4 is 9.47 Å². The minimum absolute atomic E-state index is 0.151. The molecule has 0 saturated heterocycles. The fourth-order valence-corrected chi connectivity index (χ4v) is 2.99. The normalized spacial score (nSPS) is 10.4. The zero-order valence-corrected chi connectivity index (χ0v) is 14.8. The smallest absolute Gasteiger partial charge is 0.162 e. The molecule has 0 saturated carbocycles. The van der Waals surface area contributed by atoms with Crippen LogP contribution in [0.4, 0.5) is 0 Å². The molecule has 2 aromatic rings. The summed E-state index contributed by atoms with van der Waals surface area (Å²) in [5, 5.41) is 0. The van der Waals surface area contributed by atoms with Crippen LogP contribution in [0.3, 0.4) is 0 Å². The predicted molar refractivity (Wildman–Crippen MR) is 92.3 cm³/mol. The van der Waals surface area contributed by atoms with E-state index >= 15 is 0 Å². The Morgan fingerprint density at radius 1 is 0.917 bits per heavy atom. The molecule has 126 valence electrons. The molecule has 0 N–H and O–H groups in total. The lowest BCUT2D eigenvalue weighted by atomic mass is 9.89. The van der Waals surface area contributed by atoms with Gasteiger partial charge in [0.1, 0.15) is 11.5 Å². The average Bonchev–Trinajstić information content (AvgIpc) is 2.52. The Morgan fingerprint density at radius 2 is 1.46 bits per heavy atom. The van der Waals surface area contributed by atoms with E-state index in [1.165, 1.54) is 13.8 Å². The number of nitrogens with zero attached hydrogens (tertiary/aromatic N) is 1. The molecular weight excluding hydrogens is 306 g/mol. The van der Waals surface area contributed by atoms with Crippen LogP contribution in [-0.2, 0) is 0 Å². The van der Waals surface area contributed by atoms with E-state index in [4.69, 9.17) is 9.47 Å². The summed E-state index contributed by atoms with van der Waals surface area (Å²) in [7, 11) is 3.11. The number of ketones is 2. The van der Waals surface area contributed by atoms with Crippen LogP contribution in [0.25, 0.3) is 11.1 Å². The maximum absolute atomic E-state index is 12.3. The molecule has 5 heteroatoms. The second-order valence-electron chi connectivity index (χ2n) is 5.59. The molecule has 24 heavy (non-hydrogen) atoms. The van der Waals surface area contributed by atoms with Crippen LogP contribution in [0.15, 0.2) is 18.2 Å². The van der Waals surface area contributed by atoms with Crippen molar-refractivity contribution >= 4 is 11.6 Å². The molecule has 0 spiro atoms. The molecule has 0 aliphatic heterocycles. The van der Waals surface area contributed by atoms with Crippen molar-refractivity contribution in [3.8, 4) is 22.6 Å². The van der Waals surface area contributed by atoms with Crippen LogP contribution in [0.2, 0.25) is 0 Å². The van der Waals surface area contributed by atoms with Crippen LogP contribution in [-0.4, -0.2) is 30.8 Å². The number of carbonyl (C=O) groups excluding carboxylic acids is 2. The highest BCUT2D eigenvalue weighted by Gasteiger charge is 2.25. The highest BCUT2D eigenvalue weighted by molar-refractivity contribution is 6.10. The third-order valence-electron chi connectivity index (χ3n) is 3.94. The van der Waals surface area contributed by atoms with Crippen molar-refractivity contribution in [2.75, 3.05) is 14.2 Å². The van der Waals surface area contributed by atoms with Gasteiger partial charge in [-0.15, -0.1) is 0 Å². The Morgan fingerprint density at radius 3 is 1.88 bits per heavy atom. The Labute approximate surface area is 141 Å². The zero-order valence-electron chi connectivity index (χ0n) is 14.8. The molecule has 0 aliphatic carbocycles. The molecule has 0 fully saturated rings. The lowest BCUT2D eigenvalue weighted by molar-refractivity contribution is 0.101. The maximum Gasteiger partial charge on any atom is 0.162 e. The number of aromatic nitrogens is 1. The predicted octanol–water partition coefficient (Wildman–Crippen LogP) is 3.79. The number of hydrogen-bond acceptors (Lipinski definition) is 5. The fourth-order valence-electron chi connectivity index (χ4n) is 2.99. The van der Waals surface area contributed by atoms with Gasteiger partial charge in [0, 0.05) is 33.6 Å². The van der Waals surface area contributed by atoms with Crippen molar-refractivity contribution in [3.05, 3.63) is 40.7 Å². The second-order valence-corrected chi connectivity index (χ2v) is 5.59. The van der Waals surface area contributed by atoms with E-state index in [-0.39, 0.29) is 11.6 Å². The molecule has 1 aromatic heterocycles. The first kappa shape index (κ1) is 17.7. The van der Waals surface area contributed by atoms with Gasteiger partial charge < -0.3 is 9.47 Å². The van der Waals surface area contributed by atoms with Crippen molar-refractivity contribution in [2.24, 2.45) is 0 Å². The van der Waals surface area contributed by atoms with E-state index in [9.17, 15) is 9.59 Å². The summed E-state index contributed by atoms with van der Waals surface area (Å²) in [4.78, 5) is 28.9. The number of aryl methyl sites for hydroxylation is 2. The van der Waals surface area contributed by atoms with Gasteiger partial charge in [-0.3, -0.25) is 14.6 Å². The zero-order chi connectivity index (χ0) is 18.0. The lowest BCUT2D eigenvalue weighted by Crippen LogP contribution is -2.12. The molecule has 5 nitrogen and oxygen atoms in total. The highest BCUT2D eigenvalue weighted by atomic mass is 16.5. The number of carbonyl (C=O) groups is 2. The highest BCUT2D eigenvalue weighted by Crippen LogP contribution is 2.39. The van der Waals surface area contributed by atoms with Gasteiger partial charge in [-0.1, -0.05) is 0 Å². The van der Waals surface area contributed by atoms with Crippen LogP contribution in [0.5, 0.6) is 11.5 Å². The number of Topliss-reactive ketones (excluding diaryl/α,β-unsaturated/α-hetero) is 2. The number of benzene rings is 1. The number of methoxy groups -OCH3 is 2. The van der Waals surface area contributed by atoms with Gasteiger partial charge in [-0.25, -0.2) is 0 Å². The van der Waals surface area contributed by atoms with E-state index < -0.39 is 0 Å². The minimum atomic E-state index is -0.151. The molecule has 1 heterocycles. The first-order valence-corrected chi connectivity index (χ1v) is 7.57. The van der Waals surface area contributed by atoms with Crippen LogP contribution in [0.1, 0.15) is 46.0 Å². The van der Waals surface area contributed by atoms with Crippen LogP contribution >= 0.6 is 0 Å². The Balaban J connectivity index is 3.01. The van der Waals surface area contributed by atoms with E-state index in [0.717, 1.165) is 0 Å². The topological polar surface area (TPSA) is 65.5 Å².